The molecule has 3 heterocycles. The van der Waals surface area contributed by atoms with E-state index in [1.54, 1.807) is 0 Å². The number of aliphatic hydroxyl groups excluding tert-OH is 11. The molecule has 8 rings (SSSR count). The number of rotatable bonds is 9. The summed E-state index contributed by atoms with van der Waals surface area (Å²) < 4.78 is 34.7. The molecule has 7 fully saturated rings. The van der Waals surface area contributed by atoms with Gasteiger partial charge in [0.1, 0.15) is 67.1 Å². The van der Waals surface area contributed by atoms with E-state index < -0.39 is 128 Å². The molecule has 0 spiro atoms. The molecule has 0 radical (unpaired) electrons. The Hall–Kier alpha value is -1.43. The number of carbonyl (C=O) groups is 1. The summed E-state index contributed by atoms with van der Waals surface area (Å²) in [6.07, 6.45) is -14.9. The Morgan fingerprint density at radius 2 is 1.32 bits per heavy atom. The maximum absolute atomic E-state index is 15.0. The van der Waals surface area contributed by atoms with Crippen LogP contribution in [0.25, 0.3) is 0 Å². The summed E-state index contributed by atoms with van der Waals surface area (Å²) in [6.45, 7) is 13.7. The predicted octanol–water partition coefficient (Wildman–Crippen LogP) is 0.141. The first-order valence-electron chi connectivity index (χ1n) is 24.3. The molecule has 0 unspecified atom stereocenters. The molecule has 3 aliphatic heterocycles. The molecule has 0 aromatic rings. The Labute approximate surface area is 387 Å². The largest absolute Gasteiger partial charge is 0.432 e. The normalized spacial score (nSPS) is 54.8. The molecule has 0 amide bonds. The van der Waals surface area contributed by atoms with Crippen LogP contribution < -0.4 is 0 Å². The van der Waals surface area contributed by atoms with Crippen molar-refractivity contribution in [3.05, 3.63) is 11.6 Å². The SMILES string of the molecule is C[C@@H]1O[C@@H](O[C@H]2[C@H](O)[C@@H](O)[C@H](OC[C@H]3O[C@@H](OC(=O)[C@]45CCC(C)(C)C[C@@H]4C4=CC[C@@H]6[C@@]7(C)CC[C@H](O)[C@@](C)(CO)[C@@H]7CC[C@@]6(C)[C@]4(C)CC5)[C@H](O)[C@@H](O)[C@@H]3O)O[C@@H]2CO)[C@H](O)[C@H](O)[C@H]1O. The molecule has 4 saturated carbocycles. The number of carbonyl (C=O) groups excluding carboxylic acids is 1. The molecule has 18 nitrogen and oxygen atoms in total. The van der Waals surface area contributed by atoms with Gasteiger partial charge in [-0.05, 0) is 111 Å². The second kappa shape index (κ2) is 18.0. The zero-order valence-electron chi connectivity index (χ0n) is 39.5. The Kier molecular flexibility index (Phi) is 13.9. The minimum atomic E-state index is -1.85. The summed E-state index contributed by atoms with van der Waals surface area (Å²) in [5, 5.41) is 118. The molecule has 24 atom stereocenters. The second-order valence-corrected chi connectivity index (χ2v) is 23.3. The summed E-state index contributed by atoms with van der Waals surface area (Å²) in [7, 11) is 0. The third-order valence-corrected chi connectivity index (χ3v) is 19.4. The number of hydrogen-bond acceptors (Lipinski definition) is 18. The van der Waals surface area contributed by atoms with E-state index in [9.17, 15) is 61.0 Å². The maximum Gasteiger partial charge on any atom is 0.315 e. The fourth-order valence-corrected chi connectivity index (χ4v) is 14.8. The lowest BCUT2D eigenvalue weighted by Gasteiger charge is -2.71. The number of allylic oxidation sites excluding steroid dienone is 2. The Bertz CT molecular complexity index is 1800. The lowest BCUT2D eigenvalue weighted by Crippen LogP contribution is -2.66. The summed E-state index contributed by atoms with van der Waals surface area (Å²) in [4.78, 5) is 15.0. The average molecular weight is 943 g/mol. The van der Waals surface area contributed by atoms with E-state index in [-0.39, 0.29) is 40.1 Å². The molecular weight excluding hydrogens is 865 g/mol. The second-order valence-electron chi connectivity index (χ2n) is 23.3. The first-order valence-corrected chi connectivity index (χ1v) is 24.3. The molecule has 3 saturated heterocycles. The van der Waals surface area contributed by atoms with Crippen LogP contribution in [0, 0.1) is 50.2 Å². The summed E-state index contributed by atoms with van der Waals surface area (Å²) in [6, 6.07) is 0. The zero-order valence-corrected chi connectivity index (χ0v) is 39.5. The van der Waals surface area contributed by atoms with Gasteiger partial charge in [-0.1, -0.05) is 53.2 Å². The summed E-state index contributed by atoms with van der Waals surface area (Å²) in [5.41, 5.74) is -0.838. The highest BCUT2D eigenvalue weighted by atomic mass is 16.8. The van der Waals surface area contributed by atoms with Crippen LogP contribution in [0.1, 0.15) is 113 Å². The number of fused-ring (bicyclic) bond motifs is 7. The van der Waals surface area contributed by atoms with E-state index >= 15 is 0 Å². The molecule has 0 bridgehead atoms. The van der Waals surface area contributed by atoms with Crippen LogP contribution in [-0.4, -0.2) is 180 Å². The van der Waals surface area contributed by atoms with Crippen molar-refractivity contribution >= 4 is 5.97 Å². The minimum absolute atomic E-state index is 0.0599. The molecule has 66 heavy (non-hydrogen) atoms. The number of aliphatic hydroxyl groups is 11. The monoisotopic (exact) mass is 943 g/mol. The van der Waals surface area contributed by atoms with Crippen LogP contribution in [0.2, 0.25) is 0 Å². The zero-order chi connectivity index (χ0) is 48.3. The minimum Gasteiger partial charge on any atom is -0.432 e. The van der Waals surface area contributed by atoms with E-state index in [0.29, 0.717) is 25.2 Å². The van der Waals surface area contributed by atoms with Gasteiger partial charge in [0.2, 0.25) is 6.29 Å². The molecule has 378 valence electrons. The topological polar surface area (TPSA) is 295 Å². The first-order chi connectivity index (χ1) is 30.8. The van der Waals surface area contributed by atoms with Gasteiger partial charge in [-0.2, -0.15) is 0 Å². The van der Waals surface area contributed by atoms with E-state index in [4.69, 9.17) is 28.4 Å². The first kappa shape index (κ1) is 50.9. The van der Waals surface area contributed by atoms with Crippen molar-refractivity contribution in [1.29, 1.82) is 0 Å². The van der Waals surface area contributed by atoms with Gasteiger partial charge in [0.25, 0.3) is 0 Å². The predicted molar refractivity (Wildman–Crippen MR) is 230 cm³/mol. The van der Waals surface area contributed by atoms with Crippen molar-refractivity contribution in [2.24, 2.45) is 50.2 Å². The van der Waals surface area contributed by atoms with Crippen molar-refractivity contribution in [2.45, 2.75) is 211 Å². The van der Waals surface area contributed by atoms with Gasteiger partial charge in [-0.3, -0.25) is 4.79 Å². The smallest absolute Gasteiger partial charge is 0.315 e. The van der Waals surface area contributed by atoms with Crippen LogP contribution in [0.5, 0.6) is 0 Å². The highest BCUT2D eigenvalue weighted by molar-refractivity contribution is 5.79. The van der Waals surface area contributed by atoms with Gasteiger partial charge >= 0.3 is 5.97 Å². The van der Waals surface area contributed by atoms with Gasteiger partial charge in [-0.25, -0.2) is 0 Å². The van der Waals surface area contributed by atoms with E-state index in [1.807, 2.05) is 6.92 Å². The van der Waals surface area contributed by atoms with Gasteiger partial charge in [0.05, 0.1) is 37.4 Å². The number of esters is 1. The molecular formula is C48H78O18. The lowest BCUT2D eigenvalue weighted by atomic mass is 9.33. The summed E-state index contributed by atoms with van der Waals surface area (Å²) >= 11 is 0. The molecule has 8 aliphatic rings. The van der Waals surface area contributed by atoms with Crippen molar-refractivity contribution < 1.29 is 89.4 Å². The number of hydrogen-bond donors (Lipinski definition) is 11. The van der Waals surface area contributed by atoms with Crippen molar-refractivity contribution in [3.8, 4) is 0 Å². The maximum atomic E-state index is 15.0. The van der Waals surface area contributed by atoms with E-state index in [1.165, 1.54) is 12.5 Å². The van der Waals surface area contributed by atoms with Crippen molar-refractivity contribution in [1.82, 2.24) is 0 Å². The Balaban J connectivity index is 0.976. The quantitative estimate of drug-likeness (QED) is 0.108. The van der Waals surface area contributed by atoms with E-state index in [2.05, 4.69) is 40.7 Å². The van der Waals surface area contributed by atoms with Crippen LogP contribution in [0.4, 0.5) is 0 Å². The highest BCUT2D eigenvalue weighted by Gasteiger charge is 2.70. The molecule has 11 N–H and O–H groups in total. The third-order valence-electron chi connectivity index (χ3n) is 19.4. The van der Waals surface area contributed by atoms with Crippen LogP contribution >= 0.6 is 0 Å². The Morgan fingerprint density at radius 1 is 0.682 bits per heavy atom. The van der Waals surface area contributed by atoms with Crippen LogP contribution in [0.3, 0.4) is 0 Å². The molecule has 18 heteroatoms. The van der Waals surface area contributed by atoms with Crippen molar-refractivity contribution in [2.75, 3.05) is 19.8 Å². The van der Waals surface area contributed by atoms with Crippen molar-refractivity contribution in [3.63, 3.8) is 0 Å². The van der Waals surface area contributed by atoms with Crippen LogP contribution in [0.15, 0.2) is 11.6 Å². The van der Waals surface area contributed by atoms with Gasteiger partial charge < -0.3 is 84.6 Å². The molecule has 5 aliphatic carbocycles. The molecule has 0 aromatic carbocycles. The summed E-state index contributed by atoms with van der Waals surface area (Å²) in [5.74, 6) is -0.273. The van der Waals surface area contributed by atoms with E-state index in [0.717, 1.165) is 44.9 Å². The standard InChI is InChI=1S/C48H78O18/c1-22-30(52)32(54)35(57)40(62-22)65-38-25(19-49)63-39(37(59)34(38)56)61-20-26-31(53)33(55)36(58)41(64-26)66-42(60)48-16-14-43(2,3)18-24(48)23-8-9-28-44(4)12-11-29(51)45(5,21-50)27(44)10-13-47(28,7)46(23,6)15-17-48/h8,22,24-41,49-59H,9-21H2,1-7H3/t22-,24+,25+,26+,27+,28+,29-,30-,31+,32+,33-,34+,35+,36+,37+,38+,39+,40-,41-,44-,45-,46+,47+,48-/m0/s1. The Morgan fingerprint density at radius 3 is 2.00 bits per heavy atom. The fraction of sp³-hybridized carbons (Fsp3) is 0.938. The highest BCUT2D eigenvalue weighted by Crippen LogP contribution is 2.76. The van der Waals surface area contributed by atoms with Gasteiger partial charge in [0, 0.05) is 5.41 Å². The fourth-order valence-electron chi connectivity index (χ4n) is 14.8. The van der Waals surface area contributed by atoms with Gasteiger partial charge in [-0.15, -0.1) is 0 Å². The molecule has 0 aromatic heterocycles. The average Bonchev–Trinajstić information content (AvgIpc) is 3.27. The van der Waals surface area contributed by atoms with Gasteiger partial charge in [0.15, 0.2) is 12.6 Å². The third kappa shape index (κ3) is 7.87. The van der Waals surface area contributed by atoms with Crippen LogP contribution in [-0.2, 0) is 33.2 Å². The number of ether oxygens (including phenoxy) is 6. The lowest BCUT2D eigenvalue weighted by molar-refractivity contribution is -0.361.